The maximum absolute atomic E-state index is 4.90. The van der Waals surface area contributed by atoms with Crippen molar-refractivity contribution in [3.05, 3.63) is 120 Å². The summed E-state index contributed by atoms with van der Waals surface area (Å²) in [6.45, 7) is 0. The van der Waals surface area contributed by atoms with E-state index in [4.69, 9.17) is 9.97 Å². The van der Waals surface area contributed by atoms with Crippen molar-refractivity contribution in [2.24, 2.45) is 0 Å². The zero-order valence-electron chi connectivity index (χ0n) is 16.7. The predicted octanol–water partition coefficient (Wildman–Crippen LogP) is 7.91. The van der Waals surface area contributed by atoms with E-state index in [0.717, 1.165) is 43.9 Å². The van der Waals surface area contributed by atoms with Gasteiger partial charge in [-0.1, -0.05) is 113 Å². The third-order valence-corrected chi connectivity index (χ3v) is 5.66. The first kappa shape index (κ1) is 19.4. The molecule has 0 atom stereocenters. The van der Waals surface area contributed by atoms with E-state index in [0.29, 0.717) is 0 Å². The van der Waals surface area contributed by atoms with E-state index >= 15 is 0 Å². The van der Waals surface area contributed by atoms with Gasteiger partial charge in [-0.25, -0.2) is 9.97 Å². The summed E-state index contributed by atoms with van der Waals surface area (Å²) >= 11 is 3.55. The van der Waals surface area contributed by atoms with Crippen LogP contribution in [0.15, 0.2) is 120 Å². The van der Waals surface area contributed by atoms with Crippen molar-refractivity contribution in [2.75, 3.05) is 0 Å². The second-order valence-electron chi connectivity index (χ2n) is 7.28. The highest BCUT2D eigenvalue weighted by atomic mass is 79.9. The minimum Gasteiger partial charge on any atom is -0.228 e. The lowest BCUT2D eigenvalue weighted by molar-refractivity contribution is 1.18. The van der Waals surface area contributed by atoms with Gasteiger partial charge in [0.1, 0.15) is 0 Å². The van der Waals surface area contributed by atoms with E-state index < -0.39 is 0 Å². The number of rotatable bonds is 4. The van der Waals surface area contributed by atoms with Gasteiger partial charge in [0.25, 0.3) is 0 Å². The molecule has 0 aliphatic heterocycles. The largest absolute Gasteiger partial charge is 0.228 e. The van der Waals surface area contributed by atoms with Gasteiger partial charge < -0.3 is 0 Å². The van der Waals surface area contributed by atoms with Gasteiger partial charge in [-0.05, 0) is 29.3 Å². The van der Waals surface area contributed by atoms with Crippen molar-refractivity contribution >= 4 is 15.9 Å². The second kappa shape index (κ2) is 8.66. The number of nitrogens with zero attached hydrogens (tertiary/aromatic N) is 2. The molecule has 0 radical (unpaired) electrons. The minimum absolute atomic E-state index is 0.723. The van der Waals surface area contributed by atoms with Crippen LogP contribution in [0.3, 0.4) is 0 Å². The van der Waals surface area contributed by atoms with Crippen LogP contribution >= 0.6 is 15.9 Å². The van der Waals surface area contributed by atoms with Gasteiger partial charge in [0.2, 0.25) is 0 Å². The summed E-state index contributed by atoms with van der Waals surface area (Å²) in [5, 5.41) is 0. The average molecular weight is 463 g/mol. The molecule has 0 N–H and O–H groups in total. The first-order valence-electron chi connectivity index (χ1n) is 10.1. The summed E-state index contributed by atoms with van der Waals surface area (Å²) in [4.78, 5) is 9.79. The Labute approximate surface area is 190 Å². The van der Waals surface area contributed by atoms with Crippen molar-refractivity contribution in [3.63, 3.8) is 0 Å². The Morgan fingerprint density at radius 1 is 0.419 bits per heavy atom. The SMILES string of the molecule is Brc1cccc(-c2ccc(-c3nc(-c4ccccc4)cc(-c4ccccc4)n3)cc2)c1. The van der Waals surface area contributed by atoms with Gasteiger partial charge in [0.15, 0.2) is 5.82 Å². The maximum atomic E-state index is 4.90. The highest BCUT2D eigenvalue weighted by Crippen LogP contribution is 2.29. The molecular formula is C28H19BrN2. The summed E-state index contributed by atoms with van der Waals surface area (Å²) in [5.74, 6) is 0.723. The van der Waals surface area contributed by atoms with Crippen molar-refractivity contribution < 1.29 is 0 Å². The molecule has 3 heteroatoms. The third-order valence-electron chi connectivity index (χ3n) is 5.17. The zero-order chi connectivity index (χ0) is 21.0. The van der Waals surface area contributed by atoms with Crippen molar-refractivity contribution in [1.29, 1.82) is 0 Å². The molecule has 0 spiro atoms. The Morgan fingerprint density at radius 2 is 0.935 bits per heavy atom. The molecule has 0 aliphatic carbocycles. The lowest BCUT2D eigenvalue weighted by Crippen LogP contribution is -1.95. The lowest BCUT2D eigenvalue weighted by atomic mass is 10.0. The van der Waals surface area contributed by atoms with Crippen LogP contribution in [0.25, 0.3) is 45.0 Å². The number of aromatic nitrogens is 2. The van der Waals surface area contributed by atoms with Crippen LogP contribution in [0.5, 0.6) is 0 Å². The number of halogens is 1. The predicted molar refractivity (Wildman–Crippen MR) is 131 cm³/mol. The molecule has 4 aromatic carbocycles. The summed E-state index contributed by atoms with van der Waals surface area (Å²) in [6, 6.07) is 39.3. The van der Waals surface area contributed by atoms with Crippen LogP contribution in [0.2, 0.25) is 0 Å². The molecule has 31 heavy (non-hydrogen) atoms. The van der Waals surface area contributed by atoms with Gasteiger partial charge in [-0.15, -0.1) is 0 Å². The average Bonchev–Trinajstić information content (AvgIpc) is 2.85. The molecule has 0 saturated heterocycles. The lowest BCUT2D eigenvalue weighted by Gasteiger charge is -2.10. The monoisotopic (exact) mass is 462 g/mol. The Kier molecular flexibility index (Phi) is 5.42. The molecule has 5 aromatic rings. The Hall–Kier alpha value is -3.56. The topological polar surface area (TPSA) is 25.8 Å². The summed E-state index contributed by atoms with van der Waals surface area (Å²) in [6.07, 6.45) is 0. The highest BCUT2D eigenvalue weighted by molar-refractivity contribution is 9.10. The molecule has 148 valence electrons. The molecule has 0 unspecified atom stereocenters. The van der Waals surface area contributed by atoms with Crippen LogP contribution in [-0.2, 0) is 0 Å². The van der Waals surface area contributed by atoms with Gasteiger partial charge in [0.05, 0.1) is 11.4 Å². The smallest absolute Gasteiger partial charge is 0.160 e. The van der Waals surface area contributed by atoms with Gasteiger partial charge >= 0.3 is 0 Å². The van der Waals surface area contributed by atoms with E-state index in [9.17, 15) is 0 Å². The molecule has 0 aliphatic rings. The highest BCUT2D eigenvalue weighted by Gasteiger charge is 2.10. The fourth-order valence-electron chi connectivity index (χ4n) is 3.57. The molecule has 2 nitrogen and oxygen atoms in total. The molecule has 1 heterocycles. The van der Waals surface area contributed by atoms with Crippen LogP contribution in [-0.4, -0.2) is 9.97 Å². The van der Waals surface area contributed by atoms with Gasteiger partial charge in [0, 0.05) is 21.2 Å². The maximum Gasteiger partial charge on any atom is 0.160 e. The first-order valence-corrected chi connectivity index (χ1v) is 10.9. The normalized spacial score (nSPS) is 10.7. The van der Waals surface area contributed by atoms with Crippen molar-refractivity contribution in [2.45, 2.75) is 0 Å². The molecule has 0 saturated carbocycles. The summed E-state index contributed by atoms with van der Waals surface area (Å²) < 4.78 is 1.07. The standard InChI is InChI=1S/C28H19BrN2/c29-25-13-7-12-24(18-25)20-14-16-23(17-15-20)28-30-26(21-8-3-1-4-9-21)19-27(31-28)22-10-5-2-6-11-22/h1-19H. The van der Waals surface area contributed by atoms with E-state index in [1.54, 1.807) is 0 Å². The fourth-order valence-corrected chi connectivity index (χ4v) is 3.97. The Balaban J connectivity index is 1.59. The van der Waals surface area contributed by atoms with Crippen LogP contribution in [0.4, 0.5) is 0 Å². The Morgan fingerprint density at radius 3 is 1.48 bits per heavy atom. The number of hydrogen-bond donors (Lipinski definition) is 0. The van der Waals surface area contributed by atoms with E-state index in [-0.39, 0.29) is 0 Å². The van der Waals surface area contributed by atoms with Crippen LogP contribution < -0.4 is 0 Å². The zero-order valence-corrected chi connectivity index (χ0v) is 18.3. The molecular weight excluding hydrogens is 444 g/mol. The van der Waals surface area contributed by atoms with Crippen molar-refractivity contribution in [1.82, 2.24) is 9.97 Å². The first-order chi connectivity index (χ1) is 15.3. The quantitative estimate of drug-likeness (QED) is 0.271. The summed E-state index contributed by atoms with van der Waals surface area (Å²) in [5.41, 5.74) is 7.32. The fraction of sp³-hybridized carbons (Fsp3) is 0. The molecule has 0 amide bonds. The number of benzene rings is 4. The van der Waals surface area contributed by atoms with Gasteiger partial charge in [-0.2, -0.15) is 0 Å². The van der Waals surface area contributed by atoms with Gasteiger partial charge in [-0.3, -0.25) is 0 Å². The molecule has 0 bridgehead atoms. The third kappa shape index (κ3) is 4.32. The minimum atomic E-state index is 0.723. The number of hydrogen-bond acceptors (Lipinski definition) is 2. The van der Waals surface area contributed by atoms with E-state index in [2.05, 4.69) is 82.7 Å². The summed E-state index contributed by atoms with van der Waals surface area (Å²) in [7, 11) is 0. The second-order valence-corrected chi connectivity index (χ2v) is 8.20. The molecule has 0 fully saturated rings. The molecule has 5 rings (SSSR count). The Bertz CT molecular complexity index is 1260. The van der Waals surface area contributed by atoms with Crippen molar-refractivity contribution in [3.8, 4) is 45.0 Å². The van der Waals surface area contributed by atoms with Crippen LogP contribution in [0.1, 0.15) is 0 Å². The molecule has 1 aromatic heterocycles. The van der Waals surface area contributed by atoms with E-state index in [1.165, 1.54) is 5.56 Å². The van der Waals surface area contributed by atoms with Crippen LogP contribution in [0, 0.1) is 0 Å². The van der Waals surface area contributed by atoms with E-state index in [1.807, 2.05) is 48.5 Å².